The molecule has 2 aromatic rings. The van der Waals surface area contributed by atoms with Gasteiger partial charge in [0, 0.05) is 0 Å². The Morgan fingerprint density at radius 1 is 1.20 bits per heavy atom. The predicted octanol–water partition coefficient (Wildman–Crippen LogP) is 3.79. The summed E-state index contributed by atoms with van der Waals surface area (Å²) in [7, 11) is 0. The molecule has 0 saturated heterocycles. The smallest absolute Gasteiger partial charge is 0.419 e. The van der Waals surface area contributed by atoms with Crippen LogP contribution in [0.1, 0.15) is 21.7 Å². The lowest BCUT2D eigenvalue weighted by molar-refractivity contribution is -0.139. The lowest BCUT2D eigenvalue weighted by atomic mass is 10.0. The van der Waals surface area contributed by atoms with Crippen molar-refractivity contribution < 1.29 is 26.8 Å². The highest BCUT2D eigenvalue weighted by Crippen LogP contribution is 2.37. The summed E-state index contributed by atoms with van der Waals surface area (Å²) in [4.78, 5) is 10.5. The number of carbonyl (C=O) groups excluding carboxylic acids is 1. The minimum Gasteiger partial charge on any atom is -0.453 e. The van der Waals surface area contributed by atoms with E-state index in [1.807, 2.05) is 0 Å². The number of hydrogen-bond donors (Lipinski definition) is 0. The Morgan fingerprint density at radius 2 is 1.90 bits per heavy atom. The number of nitriles is 1. The highest BCUT2D eigenvalue weighted by molar-refractivity contribution is 5.75. The average Bonchev–Trinajstić information content (AvgIpc) is 2.85. The number of halogens is 4. The molecule has 3 nitrogen and oxygen atoms in total. The van der Waals surface area contributed by atoms with E-state index in [9.17, 15) is 22.4 Å². The fourth-order valence-electron chi connectivity index (χ4n) is 1.68. The highest BCUT2D eigenvalue weighted by Gasteiger charge is 2.36. The van der Waals surface area contributed by atoms with Gasteiger partial charge >= 0.3 is 6.18 Å². The molecule has 0 amide bonds. The fraction of sp³-hybridized carbons (Fsp3) is 0.0769. The minimum atomic E-state index is -4.90. The van der Waals surface area contributed by atoms with Gasteiger partial charge in [0.1, 0.15) is 11.6 Å². The Balaban J connectivity index is 2.73. The molecule has 7 heteroatoms. The summed E-state index contributed by atoms with van der Waals surface area (Å²) >= 11 is 0. The molecule has 0 fully saturated rings. The average molecular weight is 283 g/mol. The van der Waals surface area contributed by atoms with E-state index in [0.717, 1.165) is 12.1 Å². The van der Waals surface area contributed by atoms with E-state index >= 15 is 0 Å². The standard InChI is InChI=1S/C13H5F4NO2/c14-12-9(13(15,16)17)3-1-7(5-18)11(12)10-4-2-8(6-19)20-10/h1-4,6H. The molecule has 20 heavy (non-hydrogen) atoms. The van der Waals surface area contributed by atoms with Gasteiger partial charge in [-0.05, 0) is 24.3 Å². The van der Waals surface area contributed by atoms with E-state index in [0.29, 0.717) is 12.4 Å². The van der Waals surface area contributed by atoms with Crippen LogP contribution in [0.4, 0.5) is 17.6 Å². The molecule has 102 valence electrons. The Morgan fingerprint density at radius 3 is 2.40 bits per heavy atom. The van der Waals surface area contributed by atoms with Crippen molar-refractivity contribution in [2.45, 2.75) is 6.18 Å². The first-order chi connectivity index (χ1) is 9.38. The summed E-state index contributed by atoms with van der Waals surface area (Å²) in [6.45, 7) is 0. The molecule has 2 rings (SSSR count). The molecule has 0 aliphatic carbocycles. The molecule has 1 heterocycles. The van der Waals surface area contributed by atoms with Crippen LogP contribution in [0.2, 0.25) is 0 Å². The molecule has 0 saturated carbocycles. The van der Waals surface area contributed by atoms with Crippen LogP contribution in [-0.4, -0.2) is 6.29 Å². The molecule has 0 atom stereocenters. The van der Waals surface area contributed by atoms with Crippen molar-refractivity contribution in [3.63, 3.8) is 0 Å². The molecular formula is C13H5F4NO2. The number of aldehydes is 1. The minimum absolute atomic E-state index is 0.180. The first kappa shape index (κ1) is 13.8. The van der Waals surface area contributed by atoms with Gasteiger partial charge in [-0.15, -0.1) is 0 Å². The summed E-state index contributed by atoms with van der Waals surface area (Å²) in [6, 6.07) is 5.22. The SMILES string of the molecule is N#Cc1ccc(C(F)(F)F)c(F)c1-c1ccc(C=O)o1. The van der Waals surface area contributed by atoms with Crippen LogP contribution >= 0.6 is 0 Å². The van der Waals surface area contributed by atoms with Crippen molar-refractivity contribution in [3.05, 3.63) is 47.0 Å². The van der Waals surface area contributed by atoms with Crippen LogP contribution in [0.5, 0.6) is 0 Å². The molecule has 0 N–H and O–H groups in total. The number of alkyl halides is 3. The lowest BCUT2D eigenvalue weighted by Gasteiger charge is -2.11. The van der Waals surface area contributed by atoms with Crippen LogP contribution in [0.25, 0.3) is 11.3 Å². The normalized spacial score (nSPS) is 11.2. The zero-order valence-corrected chi connectivity index (χ0v) is 9.66. The molecule has 0 unspecified atom stereocenters. The largest absolute Gasteiger partial charge is 0.453 e. The summed E-state index contributed by atoms with van der Waals surface area (Å²) in [5.74, 6) is -2.10. The molecule has 0 radical (unpaired) electrons. The van der Waals surface area contributed by atoms with E-state index < -0.39 is 23.1 Å². The number of nitrogens with zero attached hydrogens (tertiary/aromatic N) is 1. The molecule has 0 spiro atoms. The van der Waals surface area contributed by atoms with E-state index in [-0.39, 0.29) is 17.1 Å². The second-order valence-electron chi connectivity index (χ2n) is 3.78. The summed E-state index contributed by atoms with van der Waals surface area (Å²) < 4.78 is 56.8. The number of carbonyl (C=O) groups is 1. The second-order valence-corrected chi connectivity index (χ2v) is 3.78. The maximum absolute atomic E-state index is 14.0. The lowest BCUT2D eigenvalue weighted by Crippen LogP contribution is -2.09. The Bertz CT molecular complexity index is 710. The summed E-state index contributed by atoms with van der Waals surface area (Å²) in [5.41, 5.74) is -2.44. The summed E-state index contributed by atoms with van der Waals surface area (Å²) in [5, 5.41) is 8.85. The number of rotatable bonds is 2. The third-order valence-electron chi connectivity index (χ3n) is 2.56. The fourth-order valence-corrected chi connectivity index (χ4v) is 1.68. The summed E-state index contributed by atoms with van der Waals surface area (Å²) in [6.07, 6.45) is -4.58. The van der Waals surface area contributed by atoms with Gasteiger partial charge in [0.05, 0.1) is 22.8 Å². The molecule has 1 aromatic heterocycles. The van der Waals surface area contributed by atoms with E-state index in [2.05, 4.69) is 0 Å². The van der Waals surface area contributed by atoms with Crippen molar-refractivity contribution in [1.29, 1.82) is 5.26 Å². The number of benzene rings is 1. The predicted molar refractivity (Wildman–Crippen MR) is 59.2 cm³/mol. The first-order valence-electron chi connectivity index (χ1n) is 5.23. The Hall–Kier alpha value is -2.62. The Kier molecular flexibility index (Phi) is 3.32. The number of furan rings is 1. The van der Waals surface area contributed by atoms with Crippen LogP contribution < -0.4 is 0 Å². The van der Waals surface area contributed by atoms with Gasteiger partial charge in [-0.2, -0.15) is 18.4 Å². The van der Waals surface area contributed by atoms with Gasteiger partial charge in [0.2, 0.25) is 0 Å². The van der Waals surface area contributed by atoms with Crippen molar-refractivity contribution in [2.24, 2.45) is 0 Å². The monoisotopic (exact) mass is 283 g/mol. The number of hydrogen-bond acceptors (Lipinski definition) is 3. The van der Waals surface area contributed by atoms with Crippen molar-refractivity contribution in [2.75, 3.05) is 0 Å². The maximum Gasteiger partial charge on any atom is 0.419 e. The molecule has 0 aliphatic heterocycles. The van der Waals surface area contributed by atoms with Gasteiger partial charge in [-0.3, -0.25) is 4.79 Å². The van der Waals surface area contributed by atoms with Crippen molar-refractivity contribution in [1.82, 2.24) is 0 Å². The zero-order valence-electron chi connectivity index (χ0n) is 9.66. The van der Waals surface area contributed by atoms with Crippen LogP contribution in [-0.2, 0) is 6.18 Å². The van der Waals surface area contributed by atoms with Gasteiger partial charge in [0.15, 0.2) is 12.0 Å². The van der Waals surface area contributed by atoms with E-state index in [1.54, 1.807) is 6.07 Å². The second kappa shape index (κ2) is 4.81. The van der Waals surface area contributed by atoms with Crippen molar-refractivity contribution >= 4 is 6.29 Å². The quantitative estimate of drug-likeness (QED) is 0.622. The van der Waals surface area contributed by atoms with Crippen LogP contribution in [0, 0.1) is 17.1 Å². The maximum atomic E-state index is 14.0. The van der Waals surface area contributed by atoms with Crippen LogP contribution in [0.3, 0.4) is 0 Å². The van der Waals surface area contributed by atoms with E-state index in [1.165, 1.54) is 6.07 Å². The van der Waals surface area contributed by atoms with Crippen LogP contribution in [0.15, 0.2) is 28.7 Å². The zero-order chi connectivity index (χ0) is 14.9. The third kappa shape index (κ3) is 2.28. The van der Waals surface area contributed by atoms with Crippen molar-refractivity contribution in [3.8, 4) is 17.4 Å². The van der Waals surface area contributed by atoms with Gasteiger partial charge in [-0.25, -0.2) is 4.39 Å². The van der Waals surface area contributed by atoms with Gasteiger partial charge in [-0.1, -0.05) is 0 Å². The molecule has 0 aliphatic rings. The first-order valence-corrected chi connectivity index (χ1v) is 5.23. The highest BCUT2D eigenvalue weighted by atomic mass is 19.4. The topological polar surface area (TPSA) is 54.0 Å². The Labute approximate surface area is 110 Å². The van der Waals surface area contributed by atoms with Gasteiger partial charge < -0.3 is 4.42 Å². The molecular weight excluding hydrogens is 278 g/mol. The van der Waals surface area contributed by atoms with Gasteiger partial charge in [0.25, 0.3) is 0 Å². The third-order valence-corrected chi connectivity index (χ3v) is 2.56. The molecule has 1 aromatic carbocycles. The molecule has 0 bridgehead atoms. The van der Waals surface area contributed by atoms with E-state index in [4.69, 9.17) is 9.68 Å².